The van der Waals surface area contributed by atoms with Crippen LogP contribution in [0.15, 0.2) is 12.3 Å². The van der Waals surface area contributed by atoms with Crippen LogP contribution in [0, 0.1) is 0 Å². The minimum Gasteiger partial charge on any atom is -0.480 e. The molecule has 0 saturated carbocycles. The van der Waals surface area contributed by atoms with E-state index in [0.717, 1.165) is 6.42 Å². The van der Waals surface area contributed by atoms with Crippen molar-refractivity contribution in [2.45, 2.75) is 25.3 Å². The van der Waals surface area contributed by atoms with Gasteiger partial charge in [0.05, 0.1) is 6.42 Å². The molecule has 16 heavy (non-hydrogen) atoms. The van der Waals surface area contributed by atoms with Gasteiger partial charge in [-0.05, 0) is 18.9 Å². The third-order valence-corrected chi connectivity index (χ3v) is 2.76. The van der Waals surface area contributed by atoms with Gasteiger partial charge in [-0.3, -0.25) is 9.89 Å². The average Bonchev–Trinajstić information content (AvgIpc) is 2.86. The molecule has 0 aromatic carbocycles. The summed E-state index contributed by atoms with van der Waals surface area (Å²) in [5.41, 5.74) is 0.709. The summed E-state index contributed by atoms with van der Waals surface area (Å²) in [5, 5.41) is 15.4. The number of carbonyl (C=O) groups excluding carboxylic acids is 1. The fraction of sp³-hybridized carbons (Fsp3) is 0.500. The summed E-state index contributed by atoms with van der Waals surface area (Å²) in [6.45, 7) is 0.532. The Kier molecular flexibility index (Phi) is 2.89. The highest BCUT2D eigenvalue weighted by Gasteiger charge is 2.33. The van der Waals surface area contributed by atoms with Crippen LogP contribution in [0.1, 0.15) is 18.5 Å². The van der Waals surface area contributed by atoms with Gasteiger partial charge in [0.25, 0.3) is 0 Å². The molecule has 1 fully saturated rings. The number of carboxylic acids is 1. The number of H-pyrrole nitrogens is 1. The quantitative estimate of drug-likeness (QED) is 0.756. The lowest BCUT2D eigenvalue weighted by Gasteiger charge is -2.20. The van der Waals surface area contributed by atoms with Gasteiger partial charge < -0.3 is 10.0 Å². The molecule has 1 atom stereocenters. The van der Waals surface area contributed by atoms with Gasteiger partial charge in [-0.2, -0.15) is 5.10 Å². The van der Waals surface area contributed by atoms with Crippen LogP contribution in [-0.2, 0) is 16.0 Å². The standard InChI is InChI=1S/C10H13N3O3/c14-9(6-7-3-4-11-12-7)13-5-1-2-8(13)10(15)16/h3-4,8H,1-2,5-6H2,(H,11,12)(H,15,16)/t8-/m0/s1. The first-order valence-corrected chi connectivity index (χ1v) is 5.19. The zero-order valence-corrected chi connectivity index (χ0v) is 8.72. The van der Waals surface area contributed by atoms with Crippen LogP contribution in [0.5, 0.6) is 0 Å². The molecule has 1 aliphatic heterocycles. The second-order valence-corrected chi connectivity index (χ2v) is 3.84. The second kappa shape index (κ2) is 4.34. The van der Waals surface area contributed by atoms with Gasteiger partial charge in [0, 0.05) is 18.4 Å². The molecule has 0 unspecified atom stereocenters. The van der Waals surface area contributed by atoms with Crippen molar-refractivity contribution < 1.29 is 14.7 Å². The fourth-order valence-corrected chi connectivity index (χ4v) is 1.97. The van der Waals surface area contributed by atoms with E-state index in [2.05, 4.69) is 10.2 Å². The Balaban J connectivity index is 2.01. The number of carbonyl (C=O) groups is 2. The number of rotatable bonds is 3. The first-order chi connectivity index (χ1) is 7.68. The number of likely N-dealkylation sites (tertiary alicyclic amines) is 1. The molecule has 86 valence electrons. The Morgan fingerprint density at radius 1 is 1.62 bits per heavy atom. The molecule has 1 aromatic rings. The third-order valence-electron chi connectivity index (χ3n) is 2.76. The maximum atomic E-state index is 11.8. The van der Waals surface area contributed by atoms with E-state index in [1.807, 2.05) is 0 Å². The highest BCUT2D eigenvalue weighted by molar-refractivity contribution is 5.85. The monoisotopic (exact) mass is 223 g/mol. The molecule has 6 nitrogen and oxygen atoms in total. The van der Waals surface area contributed by atoms with Gasteiger partial charge in [-0.1, -0.05) is 0 Å². The Morgan fingerprint density at radius 2 is 2.44 bits per heavy atom. The van der Waals surface area contributed by atoms with Crippen LogP contribution < -0.4 is 0 Å². The second-order valence-electron chi connectivity index (χ2n) is 3.84. The summed E-state index contributed by atoms with van der Waals surface area (Å²) >= 11 is 0. The predicted octanol–water partition coefficient (Wildman–Crippen LogP) is 0.0278. The molecule has 1 amide bonds. The van der Waals surface area contributed by atoms with Crippen LogP contribution in [0.2, 0.25) is 0 Å². The van der Waals surface area contributed by atoms with E-state index in [1.165, 1.54) is 4.90 Å². The molecule has 2 rings (SSSR count). The molecular formula is C10H13N3O3. The van der Waals surface area contributed by atoms with E-state index >= 15 is 0 Å². The number of nitrogens with zero attached hydrogens (tertiary/aromatic N) is 2. The highest BCUT2D eigenvalue weighted by Crippen LogP contribution is 2.18. The van der Waals surface area contributed by atoms with Gasteiger partial charge >= 0.3 is 5.97 Å². The summed E-state index contributed by atoms with van der Waals surface area (Å²) in [4.78, 5) is 24.2. The Labute approximate surface area is 92.3 Å². The Bertz CT molecular complexity index is 388. The summed E-state index contributed by atoms with van der Waals surface area (Å²) in [5.74, 6) is -1.08. The highest BCUT2D eigenvalue weighted by atomic mass is 16.4. The molecule has 6 heteroatoms. The van der Waals surface area contributed by atoms with Crippen molar-refractivity contribution in [2.75, 3.05) is 6.54 Å². The number of amides is 1. The normalized spacial score (nSPS) is 20.0. The maximum absolute atomic E-state index is 11.8. The lowest BCUT2D eigenvalue weighted by molar-refractivity contribution is -0.148. The number of aliphatic carboxylic acids is 1. The van der Waals surface area contributed by atoms with E-state index in [-0.39, 0.29) is 12.3 Å². The topological polar surface area (TPSA) is 86.3 Å². The Hall–Kier alpha value is -1.85. The van der Waals surface area contributed by atoms with Crippen molar-refractivity contribution in [3.05, 3.63) is 18.0 Å². The summed E-state index contributed by atoms with van der Waals surface area (Å²) in [6.07, 6.45) is 3.06. The molecular weight excluding hydrogens is 210 g/mol. The largest absolute Gasteiger partial charge is 0.480 e. The number of hydrogen-bond acceptors (Lipinski definition) is 3. The van der Waals surface area contributed by atoms with Crippen molar-refractivity contribution in [3.8, 4) is 0 Å². The molecule has 0 radical (unpaired) electrons. The van der Waals surface area contributed by atoms with Crippen LogP contribution in [0.3, 0.4) is 0 Å². The number of carboxylic acid groups (broad SMARTS) is 1. The zero-order valence-electron chi connectivity index (χ0n) is 8.72. The number of aromatic nitrogens is 2. The first kappa shape index (κ1) is 10.7. The predicted molar refractivity (Wildman–Crippen MR) is 54.7 cm³/mol. The van der Waals surface area contributed by atoms with Crippen molar-refractivity contribution >= 4 is 11.9 Å². The van der Waals surface area contributed by atoms with Gasteiger partial charge in [0.1, 0.15) is 6.04 Å². The summed E-state index contributed by atoms with van der Waals surface area (Å²) in [6, 6.07) is 1.06. The molecule has 1 aliphatic rings. The number of hydrogen-bond donors (Lipinski definition) is 2. The molecule has 1 aromatic heterocycles. The van der Waals surface area contributed by atoms with Gasteiger partial charge in [-0.25, -0.2) is 4.79 Å². The average molecular weight is 223 g/mol. The van der Waals surface area contributed by atoms with E-state index < -0.39 is 12.0 Å². The molecule has 2 heterocycles. The van der Waals surface area contributed by atoms with Crippen LogP contribution in [0.4, 0.5) is 0 Å². The molecule has 0 aliphatic carbocycles. The van der Waals surface area contributed by atoms with Crippen molar-refractivity contribution in [1.82, 2.24) is 15.1 Å². The first-order valence-electron chi connectivity index (χ1n) is 5.19. The van der Waals surface area contributed by atoms with E-state index in [4.69, 9.17) is 5.11 Å². The molecule has 0 bridgehead atoms. The molecule has 2 N–H and O–H groups in total. The lowest BCUT2D eigenvalue weighted by atomic mass is 10.2. The minimum absolute atomic E-state index is 0.158. The smallest absolute Gasteiger partial charge is 0.326 e. The van der Waals surface area contributed by atoms with E-state index in [1.54, 1.807) is 12.3 Å². The SMILES string of the molecule is O=C(O)[C@@H]1CCCN1C(=O)Cc1ccn[nH]1. The van der Waals surface area contributed by atoms with Crippen LogP contribution in [0.25, 0.3) is 0 Å². The molecule has 0 spiro atoms. The summed E-state index contributed by atoms with van der Waals surface area (Å²) in [7, 11) is 0. The van der Waals surface area contributed by atoms with Gasteiger partial charge in [-0.15, -0.1) is 0 Å². The fourth-order valence-electron chi connectivity index (χ4n) is 1.97. The van der Waals surface area contributed by atoms with Crippen LogP contribution in [-0.4, -0.2) is 44.7 Å². The lowest BCUT2D eigenvalue weighted by Crippen LogP contribution is -2.41. The number of nitrogens with one attached hydrogen (secondary N) is 1. The Morgan fingerprint density at radius 3 is 3.06 bits per heavy atom. The van der Waals surface area contributed by atoms with E-state index in [9.17, 15) is 9.59 Å². The maximum Gasteiger partial charge on any atom is 0.326 e. The van der Waals surface area contributed by atoms with Gasteiger partial charge in [0.15, 0.2) is 0 Å². The zero-order chi connectivity index (χ0) is 11.5. The van der Waals surface area contributed by atoms with Crippen molar-refractivity contribution in [2.24, 2.45) is 0 Å². The van der Waals surface area contributed by atoms with Crippen molar-refractivity contribution in [3.63, 3.8) is 0 Å². The van der Waals surface area contributed by atoms with Crippen LogP contribution >= 0.6 is 0 Å². The van der Waals surface area contributed by atoms with Gasteiger partial charge in [0.2, 0.25) is 5.91 Å². The molecule has 1 saturated heterocycles. The minimum atomic E-state index is -0.921. The van der Waals surface area contributed by atoms with E-state index in [0.29, 0.717) is 18.7 Å². The van der Waals surface area contributed by atoms with Crippen molar-refractivity contribution in [1.29, 1.82) is 0 Å². The third kappa shape index (κ3) is 2.05. The summed E-state index contributed by atoms with van der Waals surface area (Å²) < 4.78 is 0. The number of aromatic amines is 1.